The highest BCUT2D eigenvalue weighted by Gasteiger charge is 1.96. The van der Waals surface area contributed by atoms with Crippen molar-refractivity contribution in [3.63, 3.8) is 0 Å². The van der Waals surface area contributed by atoms with Gasteiger partial charge in [0.1, 0.15) is 6.42 Å². The standard InChI is InChI=1S/C9H9N3OS/c1-7-2-3-8(14-7)6-11-12-9(13)4-5-10/h2-3,6H,4H2,1H3,(H,12,13)/b11-6-. The molecule has 14 heavy (non-hydrogen) atoms. The van der Waals surface area contributed by atoms with Gasteiger partial charge >= 0.3 is 0 Å². The number of amides is 1. The van der Waals surface area contributed by atoms with Gasteiger partial charge in [-0.05, 0) is 19.1 Å². The van der Waals surface area contributed by atoms with Crippen molar-refractivity contribution in [1.82, 2.24) is 5.43 Å². The number of aryl methyl sites for hydroxylation is 1. The smallest absolute Gasteiger partial charge is 0.254 e. The molecule has 1 aromatic rings. The van der Waals surface area contributed by atoms with E-state index in [9.17, 15) is 4.79 Å². The number of rotatable bonds is 3. The second-order valence-electron chi connectivity index (χ2n) is 2.58. The second-order valence-corrected chi connectivity index (χ2v) is 3.90. The van der Waals surface area contributed by atoms with Gasteiger partial charge in [-0.1, -0.05) is 0 Å². The molecule has 0 unspecified atom stereocenters. The van der Waals surface area contributed by atoms with Gasteiger partial charge in [-0.25, -0.2) is 5.43 Å². The van der Waals surface area contributed by atoms with Gasteiger partial charge in [0.25, 0.3) is 5.91 Å². The third kappa shape index (κ3) is 3.37. The molecular weight excluding hydrogens is 198 g/mol. The van der Waals surface area contributed by atoms with Gasteiger partial charge in [0.05, 0.1) is 12.3 Å². The van der Waals surface area contributed by atoms with E-state index in [1.54, 1.807) is 23.6 Å². The number of carbonyl (C=O) groups excluding carboxylic acids is 1. The molecule has 1 rings (SSSR count). The largest absolute Gasteiger partial charge is 0.272 e. The van der Waals surface area contributed by atoms with E-state index >= 15 is 0 Å². The van der Waals surface area contributed by atoms with E-state index in [-0.39, 0.29) is 6.42 Å². The number of hydrogen-bond acceptors (Lipinski definition) is 4. The van der Waals surface area contributed by atoms with Crippen molar-refractivity contribution in [2.75, 3.05) is 0 Å². The topological polar surface area (TPSA) is 65.2 Å². The van der Waals surface area contributed by atoms with E-state index in [0.29, 0.717) is 0 Å². The molecule has 0 aliphatic carbocycles. The predicted molar refractivity (Wildman–Crippen MR) is 55.0 cm³/mol. The van der Waals surface area contributed by atoms with Crippen LogP contribution >= 0.6 is 11.3 Å². The molecule has 0 fully saturated rings. The average Bonchev–Trinajstić information content (AvgIpc) is 2.52. The molecule has 4 nitrogen and oxygen atoms in total. The summed E-state index contributed by atoms with van der Waals surface area (Å²) in [5, 5.41) is 11.9. The quantitative estimate of drug-likeness (QED) is 0.601. The maximum absolute atomic E-state index is 10.8. The molecule has 72 valence electrons. The molecule has 1 N–H and O–H groups in total. The lowest BCUT2D eigenvalue weighted by atomic mass is 10.4. The molecule has 0 aromatic carbocycles. The molecule has 0 saturated heterocycles. The van der Waals surface area contributed by atoms with Crippen LogP contribution in [0.25, 0.3) is 0 Å². The number of hydrogen-bond donors (Lipinski definition) is 1. The molecule has 0 spiro atoms. The normalized spacial score (nSPS) is 10.0. The monoisotopic (exact) mass is 207 g/mol. The summed E-state index contributed by atoms with van der Waals surface area (Å²) in [6, 6.07) is 5.63. The van der Waals surface area contributed by atoms with Crippen molar-refractivity contribution in [3.05, 3.63) is 21.9 Å². The summed E-state index contributed by atoms with van der Waals surface area (Å²) >= 11 is 1.59. The van der Waals surface area contributed by atoms with Gasteiger partial charge in [-0.2, -0.15) is 10.4 Å². The lowest BCUT2D eigenvalue weighted by molar-refractivity contribution is -0.120. The number of nitriles is 1. The van der Waals surface area contributed by atoms with Crippen molar-refractivity contribution in [3.8, 4) is 6.07 Å². The van der Waals surface area contributed by atoms with Crippen molar-refractivity contribution in [2.24, 2.45) is 5.10 Å². The molecule has 0 saturated carbocycles. The lowest BCUT2D eigenvalue weighted by Crippen LogP contribution is -2.15. The van der Waals surface area contributed by atoms with Gasteiger partial charge in [-0.3, -0.25) is 4.79 Å². The van der Waals surface area contributed by atoms with Crippen LogP contribution in [0.4, 0.5) is 0 Å². The first-order valence-corrected chi connectivity index (χ1v) is 4.79. The summed E-state index contributed by atoms with van der Waals surface area (Å²) in [5.74, 6) is -0.392. The molecule has 1 aromatic heterocycles. The van der Waals surface area contributed by atoms with Crippen LogP contribution in [0.5, 0.6) is 0 Å². The molecule has 1 heterocycles. The van der Waals surface area contributed by atoms with Crippen molar-refractivity contribution in [1.29, 1.82) is 5.26 Å². The third-order valence-corrected chi connectivity index (χ3v) is 2.32. The SMILES string of the molecule is Cc1ccc(/C=N\NC(=O)CC#N)s1. The lowest BCUT2D eigenvalue weighted by Gasteiger charge is -1.90. The summed E-state index contributed by atoms with van der Waals surface area (Å²) < 4.78 is 0. The Hall–Kier alpha value is -1.67. The minimum atomic E-state index is -0.392. The van der Waals surface area contributed by atoms with Crippen LogP contribution in [-0.4, -0.2) is 12.1 Å². The fraction of sp³-hybridized carbons (Fsp3) is 0.222. The minimum absolute atomic E-state index is 0.166. The van der Waals surface area contributed by atoms with Crippen LogP contribution in [0.1, 0.15) is 16.2 Å². The first kappa shape index (κ1) is 10.4. The zero-order valence-corrected chi connectivity index (χ0v) is 8.47. The summed E-state index contributed by atoms with van der Waals surface area (Å²) in [6.07, 6.45) is 1.40. The highest BCUT2D eigenvalue weighted by atomic mass is 32.1. The van der Waals surface area contributed by atoms with Gasteiger partial charge in [0.15, 0.2) is 0 Å². The van der Waals surface area contributed by atoms with E-state index in [1.807, 2.05) is 19.1 Å². The Kier molecular flexibility index (Phi) is 3.83. The molecule has 0 radical (unpaired) electrons. The Morgan fingerprint density at radius 2 is 2.57 bits per heavy atom. The number of carbonyl (C=O) groups is 1. The minimum Gasteiger partial charge on any atom is -0.272 e. The molecule has 0 aliphatic heterocycles. The third-order valence-electron chi connectivity index (χ3n) is 1.38. The Balaban J connectivity index is 2.42. The highest BCUT2D eigenvalue weighted by Crippen LogP contribution is 2.12. The van der Waals surface area contributed by atoms with Crippen molar-refractivity contribution in [2.45, 2.75) is 13.3 Å². The maximum atomic E-state index is 10.8. The Morgan fingerprint density at radius 3 is 3.14 bits per heavy atom. The van der Waals surface area contributed by atoms with E-state index in [2.05, 4.69) is 10.5 Å². The summed E-state index contributed by atoms with van der Waals surface area (Å²) in [7, 11) is 0. The Labute approximate surface area is 85.9 Å². The van der Waals surface area contributed by atoms with Gasteiger partial charge < -0.3 is 0 Å². The molecular formula is C9H9N3OS. The molecule has 0 bridgehead atoms. The molecule has 1 amide bonds. The first-order valence-electron chi connectivity index (χ1n) is 3.97. The van der Waals surface area contributed by atoms with Crippen molar-refractivity contribution >= 4 is 23.5 Å². The van der Waals surface area contributed by atoms with E-state index in [0.717, 1.165) is 4.88 Å². The molecule has 5 heteroatoms. The van der Waals surface area contributed by atoms with E-state index < -0.39 is 5.91 Å². The van der Waals surface area contributed by atoms with Gasteiger partial charge in [0.2, 0.25) is 0 Å². The molecule has 0 aliphatic rings. The number of thiophene rings is 1. The second kappa shape index (κ2) is 5.14. The number of nitrogens with one attached hydrogen (secondary N) is 1. The summed E-state index contributed by atoms with van der Waals surface area (Å²) in [5.41, 5.74) is 2.26. The number of hydrazone groups is 1. The maximum Gasteiger partial charge on any atom is 0.254 e. The Bertz CT molecular complexity index is 389. The van der Waals surface area contributed by atoms with Gasteiger partial charge in [0, 0.05) is 9.75 Å². The zero-order valence-electron chi connectivity index (χ0n) is 7.65. The predicted octanol–water partition coefficient (Wildman–Crippen LogP) is 1.42. The highest BCUT2D eigenvalue weighted by molar-refractivity contribution is 7.13. The van der Waals surface area contributed by atoms with Crippen LogP contribution in [0.3, 0.4) is 0 Å². The first-order chi connectivity index (χ1) is 6.72. The average molecular weight is 207 g/mol. The van der Waals surface area contributed by atoms with Crippen molar-refractivity contribution < 1.29 is 4.79 Å². The van der Waals surface area contributed by atoms with E-state index in [4.69, 9.17) is 5.26 Å². The van der Waals surface area contributed by atoms with Crippen LogP contribution in [-0.2, 0) is 4.79 Å². The summed E-state index contributed by atoms with van der Waals surface area (Å²) in [4.78, 5) is 13.0. The van der Waals surface area contributed by atoms with Crippen LogP contribution in [0.2, 0.25) is 0 Å². The van der Waals surface area contributed by atoms with Crippen LogP contribution in [0.15, 0.2) is 17.2 Å². The van der Waals surface area contributed by atoms with Gasteiger partial charge in [-0.15, -0.1) is 11.3 Å². The zero-order chi connectivity index (χ0) is 10.4. The summed E-state index contributed by atoms with van der Waals surface area (Å²) in [6.45, 7) is 2.00. The Morgan fingerprint density at radius 1 is 1.79 bits per heavy atom. The van der Waals surface area contributed by atoms with Crippen LogP contribution < -0.4 is 5.43 Å². The molecule has 0 atom stereocenters. The van der Waals surface area contributed by atoms with Crippen LogP contribution in [0, 0.1) is 18.3 Å². The fourth-order valence-corrected chi connectivity index (χ4v) is 1.55. The number of nitrogens with zero attached hydrogens (tertiary/aromatic N) is 2. The van der Waals surface area contributed by atoms with E-state index in [1.165, 1.54) is 4.88 Å². The fourth-order valence-electron chi connectivity index (χ4n) is 0.802.